The van der Waals surface area contributed by atoms with E-state index in [1.54, 1.807) is 11.3 Å². The summed E-state index contributed by atoms with van der Waals surface area (Å²) in [4.78, 5) is 12.0. The number of nitrogens with two attached hydrogens (primary N) is 1. The van der Waals surface area contributed by atoms with Crippen molar-refractivity contribution in [3.63, 3.8) is 0 Å². The molecule has 1 fully saturated rings. The number of amides is 1. The van der Waals surface area contributed by atoms with Crippen LogP contribution in [0.15, 0.2) is 16.8 Å². The molecule has 1 aliphatic rings. The van der Waals surface area contributed by atoms with Crippen LogP contribution >= 0.6 is 23.7 Å². The normalized spacial score (nSPS) is 18.2. The topological polar surface area (TPSA) is 55.1 Å². The maximum absolute atomic E-state index is 12.0. The van der Waals surface area contributed by atoms with Gasteiger partial charge in [0, 0.05) is 6.54 Å². The van der Waals surface area contributed by atoms with Gasteiger partial charge in [0.1, 0.15) is 0 Å². The van der Waals surface area contributed by atoms with Crippen molar-refractivity contribution in [3.05, 3.63) is 22.4 Å². The van der Waals surface area contributed by atoms with Crippen LogP contribution < -0.4 is 11.1 Å². The van der Waals surface area contributed by atoms with E-state index < -0.39 is 5.54 Å². The van der Waals surface area contributed by atoms with Gasteiger partial charge in [0.25, 0.3) is 0 Å². The second-order valence-corrected chi connectivity index (χ2v) is 5.31. The number of nitrogens with one attached hydrogen (secondary N) is 1. The third-order valence-electron chi connectivity index (χ3n) is 3.23. The van der Waals surface area contributed by atoms with Crippen LogP contribution in [0.5, 0.6) is 0 Å². The lowest BCUT2D eigenvalue weighted by molar-refractivity contribution is -0.127. The Morgan fingerprint density at radius 2 is 2.12 bits per heavy atom. The first-order valence-corrected chi connectivity index (χ1v) is 6.73. The Labute approximate surface area is 112 Å². The summed E-state index contributed by atoms with van der Waals surface area (Å²) in [5, 5.41) is 7.00. The SMILES string of the molecule is Cl.NC1(C(=O)NCc2ccsc2)CCCCC1. The van der Waals surface area contributed by atoms with Crippen molar-refractivity contribution >= 4 is 29.7 Å². The largest absolute Gasteiger partial charge is 0.350 e. The summed E-state index contributed by atoms with van der Waals surface area (Å²) in [6, 6.07) is 2.02. The van der Waals surface area contributed by atoms with E-state index in [0.29, 0.717) is 6.54 Å². The van der Waals surface area contributed by atoms with Gasteiger partial charge in [0.05, 0.1) is 5.54 Å². The summed E-state index contributed by atoms with van der Waals surface area (Å²) in [5.74, 6) is 0.0124. The van der Waals surface area contributed by atoms with E-state index in [-0.39, 0.29) is 18.3 Å². The van der Waals surface area contributed by atoms with Crippen LogP contribution in [0, 0.1) is 0 Å². The lowest BCUT2D eigenvalue weighted by Gasteiger charge is -2.31. The molecule has 1 heterocycles. The summed E-state index contributed by atoms with van der Waals surface area (Å²) < 4.78 is 0. The molecule has 1 saturated carbocycles. The minimum absolute atomic E-state index is 0. The quantitative estimate of drug-likeness (QED) is 0.890. The van der Waals surface area contributed by atoms with Crippen LogP contribution in [0.25, 0.3) is 0 Å². The molecular weight excluding hydrogens is 256 g/mol. The zero-order chi connectivity index (χ0) is 11.4. The molecule has 0 unspecified atom stereocenters. The molecule has 1 amide bonds. The first kappa shape index (κ1) is 14.5. The smallest absolute Gasteiger partial charge is 0.240 e. The monoisotopic (exact) mass is 274 g/mol. The van der Waals surface area contributed by atoms with Gasteiger partial charge in [-0.25, -0.2) is 0 Å². The summed E-state index contributed by atoms with van der Waals surface area (Å²) in [7, 11) is 0. The molecule has 1 aliphatic carbocycles. The molecule has 0 aromatic carbocycles. The zero-order valence-corrected chi connectivity index (χ0v) is 11.4. The van der Waals surface area contributed by atoms with Gasteiger partial charge in [-0.2, -0.15) is 11.3 Å². The van der Waals surface area contributed by atoms with E-state index in [4.69, 9.17) is 5.73 Å². The lowest BCUT2D eigenvalue weighted by Crippen LogP contribution is -2.54. The van der Waals surface area contributed by atoms with E-state index >= 15 is 0 Å². The van der Waals surface area contributed by atoms with Crippen molar-refractivity contribution in [2.75, 3.05) is 0 Å². The Bertz CT molecular complexity index is 347. The molecule has 5 heteroatoms. The molecule has 3 nitrogen and oxygen atoms in total. The van der Waals surface area contributed by atoms with Gasteiger partial charge < -0.3 is 11.1 Å². The Kier molecular flexibility index (Phi) is 5.43. The van der Waals surface area contributed by atoms with Gasteiger partial charge in [-0.1, -0.05) is 19.3 Å². The average molecular weight is 275 g/mol. The van der Waals surface area contributed by atoms with Crippen LogP contribution in [0.3, 0.4) is 0 Å². The van der Waals surface area contributed by atoms with Crippen molar-refractivity contribution in [3.8, 4) is 0 Å². The first-order chi connectivity index (χ1) is 7.71. The fraction of sp³-hybridized carbons (Fsp3) is 0.583. The highest BCUT2D eigenvalue weighted by Gasteiger charge is 2.34. The predicted octanol–water partition coefficient (Wildman–Crippen LogP) is 2.45. The van der Waals surface area contributed by atoms with Crippen LogP contribution in [0.4, 0.5) is 0 Å². The molecule has 3 N–H and O–H groups in total. The van der Waals surface area contributed by atoms with Gasteiger partial charge in [0.15, 0.2) is 0 Å². The second kappa shape index (κ2) is 6.38. The van der Waals surface area contributed by atoms with Gasteiger partial charge >= 0.3 is 0 Å². The summed E-state index contributed by atoms with van der Waals surface area (Å²) in [5.41, 5.74) is 6.67. The Morgan fingerprint density at radius 1 is 1.41 bits per heavy atom. The maximum atomic E-state index is 12.0. The number of halogens is 1. The average Bonchev–Trinajstić information content (AvgIpc) is 2.79. The molecule has 1 aromatic rings. The lowest BCUT2D eigenvalue weighted by atomic mass is 9.82. The molecule has 0 radical (unpaired) electrons. The van der Waals surface area contributed by atoms with Crippen LogP contribution in [-0.2, 0) is 11.3 Å². The third-order valence-corrected chi connectivity index (χ3v) is 3.96. The Balaban J connectivity index is 0.00000144. The van der Waals surface area contributed by atoms with E-state index in [9.17, 15) is 4.79 Å². The highest BCUT2D eigenvalue weighted by Crippen LogP contribution is 2.26. The Hall–Kier alpha value is -0.580. The van der Waals surface area contributed by atoms with Crippen molar-refractivity contribution in [1.82, 2.24) is 5.32 Å². The van der Waals surface area contributed by atoms with Crippen molar-refractivity contribution in [2.45, 2.75) is 44.2 Å². The van der Waals surface area contributed by atoms with E-state index in [2.05, 4.69) is 5.32 Å². The zero-order valence-electron chi connectivity index (χ0n) is 9.78. The minimum atomic E-state index is -0.617. The van der Waals surface area contributed by atoms with Crippen LogP contribution in [0.2, 0.25) is 0 Å². The van der Waals surface area contributed by atoms with Gasteiger partial charge in [-0.05, 0) is 35.2 Å². The minimum Gasteiger partial charge on any atom is -0.350 e. The third kappa shape index (κ3) is 3.69. The van der Waals surface area contributed by atoms with E-state index in [0.717, 1.165) is 31.2 Å². The molecule has 0 atom stereocenters. The fourth-order valence-corrected chi connectivity index (χ4v) is 2.83. The van der Waals surface area contributed by atoms with Crippen molar-refractivity contribution < 1.29 is 4.79 Å². The number of thiophene rings is 1. The molecule has 0 aliphatic heterocycles. The molecule has 0 saturated heterocycles. The number of hydrogen-bond donors (Lipinski definition) is 2. The molecule has 96 valence electrons. The highest BCUT2D eigenvalue weighted by atomic mass is 35.5. The number of rotatable bonds is 3. The van der Waals surface area contributed by atoms with Crippen molar-refractivity contribution in [1.29, 1.82) is 0 Å². The molecule has 2 rings (SSSR count). The predicted molar refractivity (Wildman–Crippen MR) is 73.4 cm³/mol. The first-order valence-electron chi connectivity index (χ1n) is 5.79. The maximum Gasteiger partial charge on any atom is 0.240 e. The molecule has 0 spiro atoms. The fourth-order valence-electron chi connectivity index (χ4n) is 2.16. The molecule has 0 bridgehead atoms. The second-order valence-electron chi connectivity index (χ2n) is 4.53. The molecular formula is C12H19ClN2OS. The van der Waals surface area contributed by atoms with Gasteiger partial charge in [0.2, 0.25) is 5.91 Å². The van der Waals surface area contributed by atoms with Crippen LogP contribution in [0.1, 0.15) is 37.7 Å². The standard InChI is InChI=1S/C12H18N2OS.ClH/c13-12(5-2-1-3-6-12)11(15)14-8-10-4-7-16-9-10;/h4,7,9H,1-3,5-6,8,13H2,(H,14,15);1H. The number of carbonyl (C=O) groups is 1. The summed E-state index contributed by atoms with van der Waals surface area (Å²) in [6.07, 6.45) is 4.99. The van der Waals surface area contributed by atoms with Crippen LogP contribution in [-0.4, -0.2) is 11.4 Å². The number of carbonyl (C=O) groups excluding carboxylic acids is 1. The Morgan fingerprint density at radius 3 is 2.71 bits per heavy atom. The number of hydrogen-bond acceptors (Lipinski definition) is 3. The van der Waals surface area contributed by atoms with E-state index in [1.165, 1.54) is 6.42 Å². The molecule has 1 aromatic heterocycles. The molecule has 17 heavy (non-hydrogen) atoms. The van der Waals surface area contributed by atoms with E-state index in [1.807, 2.05) is 16.8 Å². The van der Waals surface area contributed by atoms with Gasteiger partial charge in [-0.3, -0.25) is 4.79 Å². The van der Waals surface area contributed by atoms with Gasteiger partial charge in [-0.15, -0.1) is 12.4 Å². The summed E-state index contributed by atoms with van der Waals surface area (Å²) >= 11 is 1.64. The highest BCUT2D eigenvalue weighted by molar-refractivity contribution is 7.07. The summed E-state index contributed by atoms with van der Waals surface area (Å²) in [6.45, 7) is 0.598. The van der Waals surface area contributed by atoms with Crippen molar-refractivity contribution in [2.24, 2.45) is 5.73 Å².